The van der Waals surface area contributed by atoms with Crippen molar-refractivity contribution in [2.75, 3.05) is 31.6 Å². The number of nitrogens with zero attached hydrogens (tertiary/aromatic N) is 1. The quantitative estimate of drug-likeness (QED) is 0.911. The van der Waals surface area contributed by atoms with Gasteiger partial charge in [0.05, 0.1) is 13.2 Å². The van der Waals surface area contributed by atoms with Crippen molar-refractivity contribution in [2.45, 2.75) is 6.04 Å². The van der Waals surface area contributed by atoms with E-state index in [9.17, 15) is 0 Å². The minimum atomic E-state index is 0.345. The first kappa shape index (κ1) is 12.8. The third-order valence-corrected chi connectivity index (χ3v) is 3.96. The first-order valence-electron chi connectivity index (χ1n) is 6.43. The summed E-state index contributed by atoms with van der Waals surface area (Å²) in [6.07, 6.45) is 1.83. The summed E-state index contributed by atoms with van der Waals surface area (Å²) in [6, 6.07) is 8.52. The maximum absolute atomic E-state index is 5.45. The summed E-state index contributed by atoms with van der Waals surface area (Å²) >= 11 is 3.57. The van der Waals surface area contributed by atoms with Gasteiger partial charge in [-0.3, -0.25) is 0 Å². The molecule has 1 saturated heterocycles. The second kappa shape index (κ2) is 5.86. The SMILES string of the molecule is Brc1cccc2c(NCC3COCCN3)nccc12. The van der Waals surface area contributed by atoms with E-state index in [1.165, 1.54) is 5.39 Å². The summed E-state index contributed by atoms with van der Waals surface area (Å²) < 4.78 is 6.54. The Kier molecular flexibility index (Phi) is 3.96. The standard InChI is InChI=1S/C14H16BrN3O/c15-13-3-1-2-12-11(13)4-5-17-14(12)18-8-10-9-19-7-6-16-10/h1-5,10,16H,6-9H2,(H,17,18). The lowest BCUT2D eigenvalue weighted by Crippen LogP contribution is -2.45. The highest BCUT2D eigenvalue weighted by atomic mass is 79.9. The van der Waals surface area contributed by atoms with Gasteiger partial charge in [-0.1, -0.05) is 28.1 Å². The van der Waals surface area contributed by atoms with Crippen LogP contribution in [-0.2, 0) is 4.74 Å². The van der Waals surface area contributed by atoms with Crippen LogP contribution in [0, 0.1) is 0 Å². The normalized spacial score (nSPS) is 19.5. The van der Waals surface area contributed by atoms with Crippen LogP contribution in [0.3, 0.4) is 0 Å². The highest BCUT2D eigenvalue weighted by molar-refractivity contribution is 9.10. The molecule has 5 heteroatoms. The number of nitrogens with one attached hydrogen (secondary N) is 2. The lowest BCUT2D eigenvalue weighted by Gasteiger charge is -2.24. The summed E-state index contributed by atoms with van der Waals surface area (Å²) in [6.45, 7) is 3.29. The van der Waals surface area contributed by atoms with Gasteiger partial charge in [-0.2, -0.15) is 0 Å². The molecular weight excluding hydrogens is 306 g/mol. The molecule has 0 aliphatic carbocycles. The van der Waals surface area contributed by atoms with Crippen LogP contribution in [0.4, 0.5) is 5.82 Å². The molecule has 2 aromatic rings. The molecule has 0 spiro atoms. The Balaban J connectivity index is 1.79. The molecule has 0 bridgehead atoms. The zero-order valence-electron chi connectivity index (χ0n) is 10.5. The fourth-order valence-corrected chi connectivity index (χ4v) is 2.78. The van der Waals surface area contributed by atoms with Crippen LogP contribution in [-0.4, -0.2) is 37.3 Å². The number of rotatable bonds is 3. The minimum Gasteiger partial charge on any atom is -0.378 e. The summed E-state index contributed by atoms with van der Waals surface area (Å²) in [5.74, 6) is 0.922. The van der Waals surface area contributed by atoms with Crippen LogP contribution in [0.5, 0.6) is 0 Å². The Morgan fingerprint density at radius 3 is 3.16 bits per heavy atom. The predicted molar refractivity (Wildman–Crippen MR) is 80.5 cm³/mol. The Hall–Kier alpha value is -1.17. The molecule has 1 aliphatic heterocycles. The van der Waals surface area contributed by atoms with Crippen LogP contribution < -0.4 is 10.6 Å². The summed E-state index contributed by atoms with van der Waals surface area (Å²) in [7, 11) is 0. The molecule has 1 atom stereocenters. The molecular formula is C14H16BrN3O. The molecule has 4 nitrogen and oxygen atoms in total. The Morgan fingerprint density at radius 1 is 1.37 bits per heavy atom. The van der Waals surface area contributed by atoms with Crippen LogP contribution in [0.2, 0.25) is 0 Å². The third-order valence-electron chi connectivity index (χ3n) is 3.27. The molecule has 1 fully saturated rings. The largest absolute Gasteiger partial charge is 0.378 e. The van der Waals surface area contributed by atoms with Crippen molar-refractivity contribution in [3.8, 4) is 0 Å². The van der Waals surface area contributed by atoms with Crippen molar-refractivity contribution in [1.29, 1.82) is 0 Å². The zero-order chi connectivity index (χ0) is 13.1. The monoisotopic (exact) mass is 321 g/mol. The number of aromatic nitrogens is 1. The molecule has 0 saturated carbocycles. The average molecular weight is 322 g/mol. The van der Waals surface area contributed by atoms with E-state index in [0.29, 0.717) is 6.04 Å². The van der Waals surface area contributed by atoms with Gasteiger partial charge in [0.15, 0.2) is 0 Å². The Labute approximate surface area is 120 Å². The minimum absolute atomic E-state index is 0.345. The van der Waals surface area contributed by atoms with E-state index in [4.69, 9.17) is 4.74 Å². The maximum atomic E-state index is 5.45. The molecule has 1 aromatic carbocycles. The van der Waals surface area contributed by atoms with E-state index in [2.05, 4.69) is 37.6 Å². The van der Waals surface area contributed by atoms with E-state index in [1.54, 1.807) is 0 Å². The summed E-state index contributed by atoms with van der Waals surface area (Å²) in [5.41, 5.74) is 0. The van der Waals surface area contributed by atoms with Crippen molar-refractivity contribution in [3.05, 3.63) is 34.9 Å². The van der Waals surface area contributed by atoms with Gasteiger partial charge in [-0.15, -0.1) is 0 Å². The van der Waals surface area contributed by atoms with Gasteiger partial charge in [0.25, 0.3) is 0 Å². The number of hydrogen-bond acceptors (Lipinski definition) is 4. The molecule has 1 unspecified atom stereocenters. The Bertz CT molecular complexity index is 570. The molecule has 1 aromatic heterocycles. The smallest absolute Gasteiger partial charge is 0.133 e. The van der Waals surface area contributed by atoms with Crippen LogP contribution in [0.1, 0.15) is 0 Å². The number of fused-ring (bicyclic) bond motifs is 1. The second-order valence-corrected chi connectivity index (χ2v) is 5.46. The lowest BCUT2D eigenvalue weighted by atomic mass is 10.1. The van der Waals surface area contributed by atoms with Gasteiger partial charge in [-0.05, 0) is 12.1 Å². The van der Waals surface area contributed by atoms with Gasteiger partial charge >= 0.3 is 0 Å². The molecule has 3 rings (SSSR count). The molecule has 100 valence electrons. The number of anilines is 1. The number of morpholine rings is 1. The zero-order valence-corrected chi connectivity index (χ0v) is 12.1. The van der Waals surface area contributed by atoms with Gasteiger partial charge in [-0.25, -0.2) is 4.98 Å². The van der Waals surface area contributed by atoms with E-state index in [0.717, 1.165) is 42.0 Å². The summed E-state index contributed by atoms with van der Waals surface area (Å²) in [5, 5.41) is 9.14. The lowest BCUT2D eigenvalue weighted by molar-refractivity contribution is 0.0806. The van der Waals surface area contributed by atoms with Crippen molar-refractivity contribution < 1.29 is 4.74 Å². The van der Waals surface area contributed by atoms with E-state index >= 15 is 0 Å². The molecule has 0 amide bonds. The van der Waals surface area contributed by atoms with E-state index < -0.39 is 0 Å². The number of hydrogen-bond donors (Lipinski definition) is 2. The highest BCUT2D eigenvalue weighted by Crippen LogP contribution is 2.27. The fourth-order valence-electron chi connectivity index (χ4n) is 2.28. The number of pyridine rings is 1. The average Bonchev–Trinajstić information content (AvgIpc) is 2.47. The number of benzene rings is 1. The van der Waals surface area contributed by atoms with Crippen LogP contribution in [0.15, 0.2) is 34.9 Å². The number of halogens is 1. The van der Waals surface area contributed by atoms with Crippen molar-refractivity contribution >= 4 is 32.5 Å². The molecule has 0 radical (unpaired) electrons. The van der Waals surface area contributed by atoms with Gasteiger partial charge in [0.1, 0.15) is 5.82 Å². The molecule has 2 N–H and O–H groups in total. The fraction of sp³-hybridized carbons (Fsp3) is 0.357. The van der Waals surface area contributed by atoms with Crippen molar-refractivity contribution in [3.63, 3.8) is 0 Å². The van der Waals surface area contributed by atoms with E-state index in [-0.39, 0.29) is 0 Å². The van der Waals surface area contributed by atoms with Crippen LogP contribution >= 0.6 is 15.9 Å². The maximum Gasteiger partial charge on any atom is 0.133 e. The predicted octanol–water partition coefficient (Wildman–Crippen LogP) is 2.40. The van der Waals surface area contributed by atoms with Crippen molar-refractivity contribution in [2.24, 2.45) is 0 Å². The first-order valence-corrected chi connectivity index (χ1v) is 7.22. The second-order valence-electron chi connectivity index (χ2n) is 4.60. The van der Waals surface area contributed by atoms with Gasteiger partial charge in [0, 0.05) is 40.6 Å². The molecule has 1 aliphatic rings. The summed E-state index contributed by atoms with van der Waals surface area (Å²) in [4.78, 5) is 4.43. The molecule has 19 heavy (non-hydrogen) atoms. The molecule has 2 heterocycles. The third kappa shape index (κ3) is 2.88. The van der Waals surface area contributed by atoms with Crippen LogP contribution in [0.25, 0.3) is 10.8 Å². The van der Waals surface area contributed by atoms with E-state index in [1.807, 2.05) is 24.4 Å². The first-order chi connectivity index (χ1) is 9.34. The van der Waals surface area contributed by atoms with Gasteiger partial charge in [0.2, 0.25) is 0 Å². The topological polar surface area (TPSA) is 46.2 Å². The highest BCUT2D eigenvalue weighted by Gasteiger charge is 2.13. The van der Waals surface area contributed by atoms with Gasteiger partial charge < -0.3 is 15.4 Å². The van der Waals surface area contributed by atoms with Crippen molar-refractivity contribution in [1.82, 2.24) is 10.3 Å². The Morgan fingerprint density at radius 2 is 2.32 bits per heavy atom. The number of ether oxygens (including phenoxy) is 1.